The minimum absolute atomic E-state index is 0. The van der Waals surface area contributed by atoms with Gasteiger partial charge in [-0.3, -0.25) is 0 Å². The second-order valence-electron chi connectivity index (χ2n) is 7.34. The third-order valence-electron chi connectivity index (χ3n) is 5.32. The minimum Gasteiger partial charge on any atom is -0.393 e. The predicted molar refractivity (Wildman–Crippen MR) is 121 cm³/mol. The molecule has 0 saturated carbocycles. The maximum atomic E-state index is 9.58. The molecule has 0 amide bonds. The molecular weight excluding hydrogens is 366 g/mol. The maximum Gasteiger partial charge on any atom is 0.147 e. The fraction of sp³-hybridized carbons (Fsp3) is 0.435. The molecule has 28 heavy (non-hydrogen) atoms. The van der Waals surface area contributed by atoms with Crippen LogP contribution in [0.15, 0.2) is 41.8 Å². The fourth-order valence-corrected chi connectivity index (χ4v) is 4.64. The number of anilines is 1. The Morgan fingerprint density at radius 1 is 1.11 bits per heavy atom. The summed E-state index contributed by atoms with van der Waals surface area (Å²) in [5.74, 6) is 1.13. The highest BCUT2D eigenvalue weighted by molar-refractivity contribution is 7.17. The van der Waals surface area contributed by atoms with Gasteiger partial charge in [0.25, 0.3) is 0 Å². The average molecular weight is 398 g/mol. The van der Waals surface area contributed by atoms with Crippen LogP contribution in [0, 0.1) is 0 Å². The summed E-state index contributed by atoms with van der Waals surface area (Å²) in [6.07, 6.45) is 0.369. The fourth-order valence-electron chi connectivity index (χ4n) is 3.75. The van der Waals surface area contributed by atoms with Crippen molar-refractivity contribution in [1.29, 1.82) is 0 Å². The molecule has 1 N–H and O–H groups in total. The van der Waals surface area contributed by atoms with Crippen LogP contribution >= 0.6 is 11.3 Å². The second-order valence-corrected chi connectivity index (χ2v) is 8.26. The van der Waals surface area contributed by atoms with Crippen LogP contribution in [0.25, 0.3) is 21.3 Å². The number of benzene rings is 1. The van der Waals surface area contributed by atoms with E-state index in [-0.39, 0.29) is 13.5 Å². The van der Waals surface area contributed by atoms with E-state index in [1.807, 2.05) is 6.92 Å². The van der Waals surface area contributed by atoms with E-state index < -0.39 is 0 Å². The number of aromatic nitrogens is 1. The lowest BCUT2D eigenvalue weighted by atomic mass is 10.0. The molecule has 4 nitrogen and oxygen atoms in total. The molecule has 1 aliphatic rings. The van der Waals surface area contributed by atoms with Gasteiger partial charge < -0.3 is 14.9 Å². The summed E-state index contributed by atoms with van der Waals surface area (Å²) in [7, 11) is 0. The van der Waals surface area contributed by atoms with Gasteiger partial charge in [0.1, 0.15) is 5.82 Å². The lowest BCUT2D eigenvalue weighted by Gasteiger charge is -2.35. The van der Waals surface area contributed by atoms with Crippen molar-refractivity contribution in [3.63, 3.8) is 0 Å². The van der Waals surface area contributed by atoms with Crippen molar-refractivity contribution in [1.82, 2.24) is 9.88 Å². The molecule has 2 aromatic heterocycles. The number of hydrogen-bond acceptors (Lipinski definition) is 5. The highest BCUT2D eigenvalue weighted by Gasteiger charge is 2.20. The van der Waals surface area contributed by atoms with E-state index in [9.17, 15) is 5.11 Å². The standard InChI is InChI=1S/C22H27N3OS.CH4/c1-3-24-9-11-25(12-10-24)22-21-19(8-13-27-21)15-20(23-22)18-6-4-17(5-7-18)14-16(2)26;/h4-8,13,15-16,26H,3,9-12,14H2,1-2H3;1H4. The Kier molecular flexibility index (Phi) is 6.70. The second kappa shape index (κ2) is 9.03. The zero-order chi connectivity index (χ0) is 18.8. The Morgan fingerprint density at radius 2 is 1.82 bits per heavy atom. The van der Waals surface area contributed by atoms with Crippen molar-refractivity contribution in [2.75, 3.05) is 37.6 Å². The Labute approximate surface area is 172 Å². The van der Waals surface area contributed by atoms with Crippen molar-refractivity contribution in [3.8, 4) is 11.3 Å². The largest absolute Gasteiger partial charge is 0.393 e. The minimum atomic E-state index is -0.315. The van der Waals surface area contributed by atoms with Gasteiger partial charge in [-0.15, -0.1) is 11.3 Å². The molecule has 1 aliphatic heterocycles. The summed E-state index contributed by atoms with van der Waals surface area (Å²) < 4.78 is 1.29. The number of hydrogen-bond donors (Lipinski definition) is 1. The van der Waals surface area contributed by atoms with Crippen molar-refractivity contribution >= 4 is 27.2 Å². The van der Waals surface area contributed by atoms with Gasteiger partial charge in [-0.1, -0.05) is 38.6 Å². The van der Waals surface area contributed by atoms with Crippen molar-refractivity contribution < 1.29 is 5.11 Å². The normalized spacial score (nSPS) is 16.2. The first kappa shape index (κ1) is 20.8. The summed E-state index contributed by atoms with van der Waals surface area (Å²) in [6.45, 7) is 9.44. The van der Waals surface area contributed by atoms with Crippen LogP contribution in [0.3, 0.4) is 0 Å². The smallest absolute Gasteiger partial charge is 0.147 e. The van der Waals surface area contributed by atoms with Crippen LogP contribution in [0.2, 0.25) is 0 Å². The van der Waals surface area contributed by atoms with Gasteiger partial charge in [0.2, 0.25) is 0 Å². The number of nitrogens with zero attached hydrogens (tertiary/aromatic N) is 3. The Morgan fingerprint density at radius 3 is 2.46 bits per heavy atom. The van der Waals surface area contributed by atoms with Crippen LogP contribution in [0.5, 0.6) is 0 Å². The highest BCUT2D eigenvalue weighted by atomic mass is 32.1. The molecule has 1 atom stereocenters. The van der Waals surface area contributed by atoms with Gasteiger partial charge in [0.05, 0.1) is 16.5 Å². The third-order valence-corrected chi connectivity index (χ3v) is 6.24. The van der Waals surface area contributed by atoms with Crippen LogP contribution in [-0.2, 0) is 6.42 Å². The van der Waals surface area contributed by atoms with Crippen LogP contribution < -0.4 is 4.90 Å². The highest BCUT2D eigenvalue weighted by Crippen LogP contribution is 2.34. The van der Waals surface area contributed by atoms with E-state index in [1.165, 1.54) is 10.1 Å². The van der Waals surface area contributed by atoms with Crippen LogP contribution in [0.1, 0.15) is 26.8 Å². The van der Waals surface area contributed by atoms with E-state index in [0.29, 0.717) is 6.42 Å². The molecule has 0 spiro atoms. The number of pyridine rings is 1. The third kappa shape index (κ3) is 4.37. The number of rotatable bonds is 5. The summed E-state index contributed by atoms with van der Waals surface area (Å²) in [6, 6.07) is 12.8. The molecule has 3 heterocycles. The maximum absolute atomic E-state index is 9.58. The molecule has 1 saturated heterocycles. The molecular formula is C23H31N3OS. The molecule has 3 aromatic rings. The number of fused-ring (bicyclic) bond motifs is 1. The van der Waals surface area contributed by atoms with Gasteiger partial charge in [-0.2, -0.15) is 0 Å². The van der Waals surface area contributed by atoms with E-state index in [0.717, 1.165) is 55.4 Å². The Balaban J connectivity index is 0.00000225. The van der Waals surface area contributed by atoms with Crippen molar-refractivity contribution in [3.05, 3.63) is 47.3 Å². The molecule has 0 aliphatic carbocycles. The first-order valence-corrected chi connectivity index (χ1v) is 10.6. The molecule has 150 valence electrons. The Bertz CT molecular complexity index is 896. The zero-order valence-corrected chi connectivity index (χ0v) is 16.9. The number of thiophene rings is 1. The van der Waals surface area contributed by atoms with Gasteiger partial charge in [0.15, 0.2) is 0 Å². The van der Waals surface area contributed by atoms with Crippen molar-refractivity contribution in [2.45, 2.75) is 33.8 Å². The van der Waals surface area contributed by atoms with Gasteiger partial charge in [-0.25, -0.2) is 4.98 Å². The quantitative estimate of drug-likeness (QED) is 0.679. The molecule has 1 fully saturated rings. The van der Waals surface area contributed by atoms with Gasteiger partial charge in [-0.05, 0) is 48.4 Å². The molecule has 4 rings (SSSR count). The predicted octanol–water partition coefficient (Wildman–Crippen LogP) is 4.66. The number of aliphatic hydroxyl groups excluding tert-OH is 1. The number of likely N-dealkylation sites (N-methyl/N-ethyl adjacent to an activating group) is 1. The number of aliphatic hydroxyl groups is 1. The van der Waals surface area contributed by atoms with Crippen LogP contribution in [0.4, 0.5) is 5.82 Å². The summed E-state index contributed by atoms with van der Waals surface area (Å²) in [5, 5.41) is 13.0. The monoisotopic (exact) mass is 397 g/mol. The summed E-state index contributed by atoms with van der Waals surface area (Å²) in [4.78, 5) is 10.0. The summed E-state index contributed by atoms with van der Waals surface area (Å²) in [5.41, 5.74) is 3.31. The van der Waals surface area contributed by atoms with Gasteiger partial charge >= 0.3 is 0 Å². The first-order valence-electron chi connectivity index (χ1n) is 9.77. The SMILES string of the molecule is C.CCN1CCN(c2nc(-c3ccc(CC(C)O)cc3)cc3ccsc23)CC1. The van der Waals surface area contributed by atoms with E-state index >= 15 is 0 Å². The number of piperazine rings is 1. The molecule has 1 unspecified atom stereocenters. The average Bonchev–Trinajstić information content (AvgIpc) is 3.16. The lowest BCUT2D eigenvalue weighted by Crippen LogP contribution is -2.46. The van der Waals surface area contributed by atoms with E-state index in [2.05, 4.69) is 58.5 Å². The van der Waals surface area contributed by atoms with Gasteiger partial charge in [0, 0.05) is 31.7 Å². The Hall–Kier alpha value is -1.95. The molecule has 5 heteroatoms. The molecule has 1 aromatic carbocycles. The summed E-state index contributed by atoms with van der Waals surface area (Å²) >= 11 is 1.78. The zero-order valence-electron chi connectivity index (χ0n) is 16.1. The van der Waals surface area contributed by atoms with Crippen molar-refractivity contribution in [2.24, 2.45) is 0 Å². The van der Waals surface area contributed by atoms with Crippen LogP contribution in [-0.4, -0.2) is 53.8 Å². The molecule has 0 bridgehead atoms. The van der Waals surface area contributed by atoms with E-state index in [1.54, 1.807) is 11.3 Å². The lowest BCUT2D eigenvalue weighted by molar-refractivity contribution is 0.195. The first-order chi connectivity index (χ1) is 13.1. The molecule has 0 radical (unpaired) electrons. The topological polar surface area (TPSA) is 39.6 Å². The van der Waals surface area contributed by atoms with E-state index in [4.69, 9.17) is 4.98 Å².